The molecule has 9 nitrogen and oxygen atoms in total. The Morgan fingerprint density at radius 1 is 0.966 bits per heavy atom. The fraction of sp³-hybridized carbons (Fsp3) is 0.200. The molecule has 29 heavy (non-hydrogen) atoms. The van der Waals surface area contributed by atoms with Crippen LogP contribution in [0.15, 0.2) is 54.9 Å². The van der Waals surface area contributed by atoms with Crippen molar-refractivity contribution in [3.63, 3.8) is 0 Å². The Bertz CT molecular complexity index is 1160. The average Bonchev–Trinajstić information content (AvgIpc) is 3.45. The number of nitrogens with zero attached hydrogens (tertiary/aromatic N) is 7. The van der Waals surface area contributed by atoms with Gasteiger partial charge in [-0.15, -0.1) is 20.4 Å². The fourth-order valence-corrected chi connectivity index (χ4v) is 3.40. The minimum absolute atomic E-state index is 0.280. The van der Waals surface area contributed by atoms with Gasteiger partial charge in [0, 0.05) is 24.3 Å². The van der Waals surface area contributed by atoms with E-state index in [9.17, 15) is 4.79 Å². The summed E-state index contributed by atoms with van der Waals surface area (Å²) in [4.78, 5) is 14.7. The van der Waals surface area contributed by atoms with E-state index in [-0.39, 0.29) is 11.6 Å². The molecule has 0 saturated carbocycles. The van der Waals surface area contributed by atoms with E-state index in [1.807, 2.05) is 42.5 Å². The average molecular weight is 386 g/mol. The van der Waals surface area contributed by atoms with Gasteiger partial charge in [0.1, 0.15) is 6.33 Å². The Kier molecular flexibility index (Phi) is 4.32. The van der Waals surface area contributed by atoms with E-state index in [0.717, 1.165) is 30.2 Å². The number of carbonyl (C=O) groups is 1. The maximum Gasteiger partial charge on any atom is 0.276 e. The summed E-state index contributed by atoms with van der Waals surface area (Å²) in [5.41, 5.74) is 3.23. The summed E-state index contributed by atoms with van der Waals surface area (Å²) in [6, 6.07) is 14.8. The van der Waals surface area contributed by atoms with Crippen molar-refractivity contribution in [1.82, 2.24) is 30.0 Å². The van der Waals surface area contributed by atoms with Crippen LogP contribution in [0, 0.1) is 0 Å². The number of rotatable bonds is 4. The van der Waals surface area contributed by atoms with E-state index in [0.29, 0.717) is 11.3 Å². The number of amides is 1. The second kappa shape index (κ2) is 7.27. The highest BCUT2D eigenvalue weighted by Crippen LogP contribution is 2.22. The molecule has 1 N–H and O–H groups in total. The van der Waals surface area contributed by atoms with Gasteiger partial charge in [0.15, 0.2) is 17.2 Å². The van der Waals surface area contributed by atoms with Crippen LogP contribution in [-0.2, 0) is 0 Å². The molecule has 0 bridgehead atoms. The molecule has 144 valence electrons. The number of carbonyl (C=O) groups excluding carboxylic acids is 1. The van der Waals surface area contributed by atoms with E-state index in [4.69, 9.17) is 0 Å². The first-order chi connectivity index (χ1) is 14.3. The van der Waals surface area contributed by atoms with Crippen molar-refractivity contribution >= 4 is 23.1 Å². The standard InChI is InChI=1S/C20H18N8O/c29-20(17-7-8-18(25-23-17)27-10-1-2-11-27)22-15-5-3-4-14(12-15)16-6-9-19-24-21-13-28(19)26-16/h3-9,12-13H,1-2,10-11H2,(H,22,29). The molecule has 1 aliphatic rings. The summed E-state index contributed by atoms with van der Waals surface area (Å²) in [5.74, 6) is 0.515. The second-order valence-corrected chi connectivity index (χ2v) is 6.86. The molecular formula is C20H18N8O. The van der Waals surface area contributed by atoms with Crippen molar-refractivity contribution < 1.29 is 4.79 Å². The number of hydrogen-bond acceptors (Lipinski definition) is 7. The molecule has 0 radical (unpaired) electrons. The van der Waals surface area contributed by atoms with Crippen LogP contribution < -0.4 is 10.2 Å². The van der Waals surface area contributed by atoms with Gasteiger partial charge >= 0.3 is 0 Å². The highest BCUT2D eigenvalue weighted by molar-refractivity contribution is 6.03. The zero-order chi connectivity index (χ0) is 19.6. The molecule has 0 atom stereocenters. The Morgan fingerprint density at radius 2 is 1.86 bits per heavy atom. The predicted molar refractivity (Wildman–Crippen MR) is 108 cm³/mol. The minimum Gasteiger partial charge on any atom is -0.355 e. The monoisotopic (exact) mass is 386 g/mol. The topological polar surface area (TPSA) is 101 Å². The molecule has 1 amide bonds. The number of fused-ring (bicyclic) bond motifs is 1. The van der Waals surface area contributed by atoms with Crippen LogP contribution in [-0.4, -0.2) is 49.0 Å². The van der Waals surface area contributed by atoms with Crippen molar-refractivity contribution in [2.24, 2.45) is 0 Å². The molecule has 1 aromatic carbocycles. The Balaban J connectivity index is 1.33. The summed E-state index contributed by atoms with van der Waals surface area (Å²) in [5, 5.41) is 23.4. The highest BCUT2D eigenvalue weighted by atomic mass is 16.1. The largest absolute Gasteiger partial charge is 0.355 e. The van der Waals surface area contributed by atoms with Crippen LogP contribution in [0.3, 0.4) is 0 Å². The van der Waals surface area contributed by atoms with Crippen molar-refractivity contribution in [2.75, 3.05) is 23.3 Å². The van der Waals surface area contributed by atoms with Crippen molar-refractivity contribution in [3.8, 4) is 11.3 Å². The van der Waals surface area contributed by atoms with Gasteiger partial charge < -0.3 is 10.2 Å². The molecule has 1 saturated heterocycles. The summed E-state index contributed by atoms with van der Waals surface area (Å²) in [6.07, 6.45) is 3.88. The molecule has 9 heteroatoms. The van der Waals surface area contributed by atoms with E-state index in [2.05, 4.69) is 35.7 Å². The highest BCUT2D eigenvalue weighted by Gasteiger charge is 2.15. The van der Waals surface area contributed by atoms with Crippen molar-refractivity contribution in [2.45, 2.75) is 12.8 Å². The maximum absolute atomic E-state index is 12.6. The van der Waals surface area contributed by atoms with Gasteiger partial charge in [-0.3, -0.25) is 4.79 Å². The number of hydrogen-bond donors (Lipinski definition) is 1. The lowest BCUT2D eigenvalue weighted by Gasteiger charge is -2.15. The van der Waals surface area contributed by atoms with E-state index < -0.39 is 0 Å². The number of nitrogens with one attached hydrogen (secondary N) is 1. The second-order valence-electron chi connectivity index (χ2n) is 6.86. The SMILES string of the molecule is O=C(Nc1cccc(-c2ccc3nncn3n2)c1)c1ccc(N2CCCC2)nn1. The lowest BCUT2D eigenvalue weighted by molar-refractivity contribution is 0.102. The zero-order valence-electron chi connectivity index (χ0n) is 15.6. The van der Waals surface area contributed by atoms with Crippen molar-refractivity contribution in [3.05, 3.63) is 60.6 Å². The fourth-order valence-electron chi connectivity index (χ4n) is 3.40. The van der Waals surface area contributed by atoms with Crippen LogP contribution in [0.5, 0.6) is 0 Å². The molecule has 3 aromatic heterocycles. The first-order valence-corrected chi connectivity index (χ1v) is 9.44. The Morgan fingerprint density at radius 3 is 2.69 bits per heavy atom. The third kappa shape index (κ3) is 3.49. The summed E-state index contributed by atoms with van der Waals surface area (Å²) < 4.78 is 1.61. The number of anilines is 2. The predicted octanol–water partition coefficient (Wildman–Crippen LogP) is 2.43. The van der Waals surface area contributed by atoms with Gasteiger partial charge in [-0.25, -0.2) is 0 Å². The minimum atomic E-state index is -0.301. The van der Waals surface area contributed by atoms with Gasteiger partial charge in [0.2, 0.25) is 0 Å². The van der Waals surface area contributed by atoms with Gasteiger partial charge in [-0.2, -0.15) is 9.61 Å². The molecule has 1 aliphatic heterocycles. The van der Waals surface area contributed by atoms with Gasteiger partial charge in [-0.1, -0.05) is 12.1 Å². The lowest BCUT2D eigenvalue weighted by Crippen LogP contribution is -2.21. The smallest absolute Gasteiger partial charge is 0.276 e. The normalized spacial score (nSPS) is 13.7. The molecule has 4 aromatic rings. The zero-order valence-corrected chi connectivity index (χ0v) is 15.6. The van der Waals surface area contributed by atoms with Gasteiger partial charge in [-0.05, 0) is 49.2 Å². The third-order valence-corrected chi connectivity index (χ3v) is 4.89. The summed E-state index contributed by atoms with van der Waals surface area (Å²) in [7, 11) is 0. The van der Waals surface area contributed by atoms with Gasteiger partial charge in [0.25, 0.3) is 5.91 Å². The Hall–Kier alpha value is -3.88. The first kappa shape index (κ1) is 17.2. The summed E-state index contributed by atoms with van der Waals surface area (Å²) >= 11 is 0. The maximum atomic E-state index is 12.6. The molecule has 4 heterocycles. The Labute approximate surface area is 166 Å². The van der Waals surface area contributed by atoms with Crippen molar-refractivity contribution in [1.29, 1.82) is 0 Å². The van der Waals surface area contributed by atoms with Crippen LogP contribution in [0.1, 0.15) is 23.3 Å². The van der Waals surface area contributed by atoms with Gasteiger partial charge in [0.05, 0.1) is 5.69 Å². The van der Waals surface area contributed by atoms with E-state index in [1.165, 1.54) is 12.8 Å². The molecule has 0 spiro atoms. The number of benzene rings is 1. The van der Waals surface area contributed by atoms with Crippen LogP contribution in [0.25, 0.3) is 16.9 Å². The molecular weight excluding hydrogens is 368 g/mol. The first-order valence-electron chi connectivity index (χ1n) is 9.44. The lowest BCUT2D eigenvalue weighted by atomic mass is 10.1. The molecule has 0 aliphatic carbocycles. The summed E-state index contributed by atoms with van der Waals surface area (Å²) in [6.45, 7) is 1.98. The van der Waals surface area contributed by atoms with Crippen LogP contribution in [0.2, 0.25) is 0 Å². The number of aromatic nitrogens is 6. The quantitative estimate of drug-likeness (QED) is 0.575. The molecule has 0 unspecified atom stereocenters. The molecule has 5 rings (SSSR count). The third-order valence-electron chi connectivity index (χ3n) is 4.89. The van der Waals surface area contributed by atoms with E-state index in [1.54, 1.807) is 16.9 Å². The van der Waals surface area contributed by atoms with Crippen LogP contribution >= 0.6 is 0 Å². The molecule has 1 fully saturated rings. The van der Waals surface area contributed by atoms with Crippen LogP contribution in [0.4, 0.5) is 11.5 Å². The van der Waals surface area contributed by atoms with E-state index >= 15 is 0 Å².